The number of carbonyl (C=O) groups excluding carboxylic acids is 3. The maximum absolute atomic E-state index is 14.3. The van der Waals surface area contributed by atoms with E-state index >= 15 is 0 Å². The third-order valence-electron chi connectivity index (χ3n) is 8.62. The molecular formula is C27H33Cl2F3N2O7. The summed E-state index contributed by atoms with van der Waals surface area (Å²) in [6, 6.07) is 0. The lowest BCUT2D eigenvalue weighted by atomic mass is 9.64. The van der Waals surface area contributed by atoms with Gasteiger partial charge in [0.2, 0.25) is 5.72 Å². The van der Waals surface area contributed by atoms with Gasteiger partial charge in [0.1, 0.15) is 28.5 Å². The number of carbonyl (C=O) groups is 3. The predicted molar refractivity (Wildman–Crippen MR) is 143 cm³/mol. The number of ether oxygens (including phenoxy) is 3. The summed E-state index contributed by atoms with van der Waals surface area (Å²) in [6.45, 7) is 3.65. The number of hydrogen-bond donors (Lipinski definition) is 2. The van der Waals surface area contributed by atoms with Crippen molar-refractivity contribution < 1.29 is 46.9 Å². The second-order valence-corrected chi connectivity index (χ2v) is 12.4. The number of dihydropyridines is 1. The van der Waals surface area contributed by atoms with Crippen molar-refractivity contribution in [3.63, 3.8) is 0 Å². The number of ketones is 3. The van der Waals surface area contributed by atoms with E-state index in [9.17, 15) is 32.7 Å². The van der Waals surface area contributed by atoms with E-state index in [-0.39, 0.29) is 32.1 Å². The fraction of sp³-hybridized carbons (Fsp3) is 0.704. The molecule has 2 aliphatic heterocycles. The number of rotatable bonds is 9. The van der Waals surface area contributed by atoms with Crippen molar-refractivity contribution >= 4 is 46.3 Å². The number of aliphatic hydroxyl groups excluding tert-OH is 1. The summed E-state index contributed by atoms with van der Waals surface area (Å²) < 4.78 is 58.7. The van der Waals surface area contributed by atoms with E-state index in [1.165, 1.54) is 21.0 Å². The Bertz CT molecular complexity index is 1200. The lowest BCUT2D eigenvalue weighted by molar-refractivity contribution is -0.144. The van der Waals surface area contributed by atoms with Crippen molar-refractivity contribution in [2.45, 2.75) is 68.7 Å². The largest absolute Gasteiger partial charge is 0.507 e. The Hall–Kier alpha value is -1.99. The number of allylic oxidation sites excluding steroid dienone is 2. The third-order valence-corrected chi connectivity index (χ3v) is 9.37. The van der Waals surface area contributed by atoms with Gasteiger partial charge in [0.05, 0.1) is 24.2 Å². The highest BCUT2D eigenvalue weighted by atomic mass is 35.5. The van der Waals surface area contributed by atoms with Crippen molar-refractivity contribution in [3.8, 4) is 0 Å². The van der Waals surface area contributed by atoms with Crippen molar-refractivity contribution in [3.05, 3.63) is 22.7 Å². The smallest absolute Gasteiger partial charge is 0.433 e. The minimum absolute atomic E-state index is 0.00299. The van der Waals surface area contributed by atoms with E-state index in [1.54, 1.807) is 0 Å². The molecule has 4 unspecified atom stereocenters. The first kappa shape index (κ1) is 31.9. The molecule has 14 heteroatoms. The maximum Gasteiger partial charge on any atom is 0.433 e. The Morgan fingerprint density at radius 2 is 1.80 bits per heavy atom. The Kier molecular flexibility index (Phi) is 8.77. The van der Waals surface area contributed by atoms with Crippen LogP contribution in [0.15, 0.2) is 27.7 Å². The number of alkyl halides is 5. The zero-order valence-corrected chi connectivity index (χ0v) is 24.6. The predicted octanol–water partition coefficient (Wildman–Crippen LogP) is 4.16. The fourth-order valence-electron chi connectivity index (χ4n) is 6.38. The number of aliphatic hydroxyl groups is 1. The van der Waals surface area contributed by atoms with Gasteiger partial charge < -0.3 is 19.3 Å². The molecule has 3 fully saturated rings. The Morgan fingerprint density at radius 3 is 2.29 bits per heavy atom. The number of hydrogen-bond acceptors (Lipinski definition) is 9. The molecule has 228 valence electrons. The first-order valence-corrected chi connectivity index (χ1v) is 14.2. The summed E-state index contributed by atoms with van der Waals surface area (Å²) in [4.78, 5) is 43.0. The fourth-order valence-corrected chi connectivity index (χ4v) is 7.27. The molecule has 2 bridgehead atoms. The monoisotopic (exact) mass is 624 g/mol. The molecule has 4 rings (SSSR count). The summed E-state index contributed by atoms with van der Waals surface area (Å²) in [5.74, 6) is -4.13. The number of nitrogens with one attached hydrogen (secondary N) is 1. The van der Waals surface area contributed by atoms with Gasteiger partial charge in [0.25, 0.3) is 0 Å². The van der Waals surface area contributed by atoms with Crippen LogP contribution in [0.5, 0.6) is 0 Å². The highest BCUT2D eigenvalue weighted by Crippen LogP contribution is 2.56. The van der Waals surface area contributed by atoms with Crippen LogP contribution < -0.4 is 5.32 Å². The molecule has 0 radical (unpaired) electrons. The molecule has 2 N–H and O–H groups in total. The summed E-state index contributed by atoms with van der Waals surface area (Å²) >= 11 is 13.0. The van der Waals surface area contributed by atoms with Gasteiger partial charge in [-0.05, 0) is 40.0 Å². The first-order chi connectivity index (χ1) is 19.0. The second kappa shape index (κ2) is 11.3. The summed E-state index contributed by atoms with van der Waals surface area (Å²) in [5.41, 5.74) is -8.12. The summed E-state index contributed by atoms with van der Waals surface area (Å²) in [6.07, 6.45) is -4.23. The number of aliphatic imine (C=N–C) groups is 1. The molecule has 0 amide bonds. The molecule has 41 heavy (non-hydrogen) atoms. The molecular weight excluding hydrogens is 592 g/mol. The number of methoxy groups -OCH3 is 1. The van der Waals surface area contributed by atoms with Crippen molar-refractivity contribution in [1.82, 2.24) is 5.32 Å². The van der Waals surface area contributed by atoms with Gasteiger partial charge in [-0.3, -0.25) is 24.7 Å². The minimum atomic E-state index is -4.86. The molecule has 0 aromatic rings. The third kappa shape index (κ3) is 5.13. The second-order valence-electron chi connectivity index (χ2n) is 11.3. The average Bonchev–Trinajstić information content (AvgIpc) is 3.56. The number of Topliss-reactive ketones (excluding diaryl/α,β-unsaturated/α-hetero) is 3. The minimum Gasteiger partial charge on any atom is -0.507 e. The van der Waals surface area contributed by atoms with Gasteiger partial charge in [0, 0.05) is 37.5 Å². The quantitative estimate of drug-likeness (QED) is 0.129. The van der Waals surface area contributed by atoms with Crippen molar-refractivity contribution in [1.29, 1.82) is 0 Å². The van der Waals surface area contributed by atoms with Crippen LogP contribution in [0, 0.1) is 17.3 Å². The van der Waals surface area contributed by atoms with Crippen molar-refractivity contribution in [2.24, 2.45) is 22.2 Å². The zero-order valence-electron chi connectivity index (χ0n) is 23.1. The van der Waals surface area contributed by atoms with Gasteiger partial charge >= 0.3 is 6.18 Å². The normalized spacial score (nSPS) is 31.7. The number of halogens is 5. The molecule has 4 aliphatic rings. The molecule has 0 aromatic heterocycles. The Balaban J connectivity index is 1.86. The van der Waals surface area contributed by atoms with Gasteiger partial charge in [-0.2, -0.15) is 13.2 Å². The first-order valence-electron chi connectivity index (χ1n) is 13.3. The van der Waals surface area contributed by atoms with Crippen LogP contribution in [0.2, 0.25) is 0 Å². The molecule has 4 atom stereocenters. The van der Waals surface area contributed by atoms with Crippen LogP contribution in [0.25, 0.3) is 0 Å². The van der Waals surface area contributed by atoms with Gasteiger partial charge in [-0.1, -0.05) is 0 Å². The lowest BCUT2D eigenvalue weighted by Gasteiger charge is -2.50. The van der Waals surface area contributed by atoms with Crippen LogP contribution in [0.3, 0.4) is 0 Å². The standard InChI is InChI=1S/C27H33Cl2F3N2O7/c1-13-20(27(30,31)32)34-24(2,3)25(23(28)29,22(13)40-10-9-39-4)12-16(35)26(33-7-8-41-26)21(38)17-18(36)14-5-6-15(11-14)19(17)37/h14-15,23,33,38H,5-12H2,1-4H3. The summed E-state index contributed by atoms with van der Waals surface area (Å²) in [5, 5.41) is 14.2. The molecule has 9 nitrogen and oxygen atoms in total. The van der Waals surface area contributed by atoms with Crippen LogP contribution in [-0.2, 0) is 28.6 Å². The van der Waals surface area contributed by atoms with Crippen molar-refractivity contribution in [2.75, 3.05) is 33.5 Å². The highest BCUT2D eigenvalue weighted by Gasteiger charge is 2.63. The van der Waals surface area contributed by atoms with Gasteiger partial charge in [-0.15, -0.1) is 23.2 Å². The SMILES string of the molecule is COCCOC1=C(C)C(C(F)(F)F)=NC(C)(C)C1(CC(=O)C1(C(O)=C2C(=O)C3CCC(C3)C2=O)NCCO1)C(Cl)Cl. The Labute approximate surface area is 245 Å². The van der Waals surface area contributed by atoms with Crippen LogP contribution in [-0.4, -0.2) is 83.9 Å². The maximum atomic E-state index is 14.3. The van der Waals surface area contributed by atoms with E-state index in [0.717, 1.165) is 6.92 Å². The Morgan fingerprint density at radius 1 is 1.20 bits per heavy atom. The van der Waals surface area contributed by atoms with Gasteiger partial charge in [-0.25, -0.2) is 0 Å². The lowest BCUT2D eigenvalue weighted by Crippen LogP contribution is -2.59. The molecule has 2 aliphatic carbocycles. The molecule has 0 aromatic carbocycles. The number of nitrogens with zero attached hydrogens (tertiary/aromatic N) is 1. The topological polar surface area (TPSA) is 124 Å². The molecule has 1 saturated heterocycles. The molecule has 0 spiro atoms. The van der Waals surface area contributed by atoms with Crippen LogP contribution in [0.1, 0.15) is 46.5 Å². The van der Waals surface area contributed by atoms with Crippen LogP contribution >= 0.6 is 23.2 Å². The van der Waals surface area contributed by atoms with Crippen LogP contribution in [0.4, 0.5) is 13.2 Å². The number of fused-ring (bicyclic) bond motifs is 2. The average molecular weight is 625 g/mol. The van der Waals surface area contributed by atoms with Gasteiger partial charge in [0.15, 0.2) is 23.1 Å². The van der Waals surface area contributed by atoms with E-state index in [1.807, 2.05) is 0 Å². The summed E-state index contributed by atoms with van der Waals surface area (Å²) in [7, 11) is 1.38. The highest BCUT2D eigenvalue weighted by molar-refractivity contribution is 6.45. The molecule has 2 saturated carbocycles. The van der Waals surface area contributed by atoms with E-state index in [0.29, 0.717) is 19.3 Å². The van der Waals surface area contributed by atoms with E-state index in [2.05, 4.69) is 10.3 Å². The van der Waals surface area contributed by atoms with E-state index < -0.39 is 85.9 Å². The zero-order chi connectivity index (χ0) is 30.5. The van der Waals surface area contributed by atoms with E-state index in [4.69, 9.17) is 37.4 Å². The molecule has 2 heterocycles.